The number of aromatic hydroxyl groups is 2. The zero-order chi connectivity index (χ0) is 10.0. The molecule has 4 heteroatoms. The molecule has 1 aromatic carbocycles. The van der Waals surface area contributed by atoms with E-state index in [1.165, 1.54) is 30.0 Å². The molecule has 0 radical (unpaired) electrons. The Kier molecular flexibility index (Phi) is 2.41. The highest BCUT2D eigenvalue weighted by atomic mass is 16.3. The Morgan fingerprint density at radius 1 is 1.38 bits per heavy atom. The second-order valence-corrected chi connectivity index (χ2v) is 2.75. The number of rotatable bonds is 1. The zero-order valence-corrected chi connectivity index (χ0v) is 7.48. The molecule has 4 nitrogen and oxygen atoms in total. The van der Waals surface area contributed by atoms with Crippen LogP contribution in [0.25, 0.3) is 0 Å². The van der Waals surface area contributed by atoms with Crippen molar-refractivity contribution in [1.82, 2.24) is 0 Å². The number of hydrogen-bond acceptors (Lipinski definition) is 3. The van der Waals surface area contributed by atoms with Crippen LogP contribution in [0.4, 0.5) is 5.69 Å². The molecule has 0 fully saturated rings. The quantitative estimate of drug-likeness (QED) is 0.681. The van der Waals surface area contributed by atoms with Gasteiger partial charge in [0.05, 0.1) is 5.69 Å². The molecule has 1 aromatic rings. The first-order chi connectivity index (χ1) is 6.02. The van der Waals surface area contributed by atoms with Crippen LogP contribution < -0.4 is 4.90 Å². The largest absolute Gasteiger partial charge is 0.508 e. The van der Waals surface area contributed by atoms with Crippen LogP contribution in [0.2, 0.25) is 0 Å². The van der Waals surface area contributed by atoms with Gasteiger partial charge in [-0.3, -0.25) is 4.79 Å². The van der Waals surface area contributed by atoms with Gasteiger partial charge in [0.25, 0.3) is 0 Å². The summed E-state index contributed by atoms with van der Waals surface area (Å²) < 4.78 is 0. The van der Waals surface area contributed by atoms with Gasteiger partial charge in [-0.2, -0.15) is 0 Å². The normalized spacial score (nSPS) is 9.69. The van der Waals surface area contributed by atoms with E-state index in [1.807, 2.05) is 0 Å². The molecule has 0 aliphatic carbocycles. The third-order valence-corrected chi connectivity index (χ3v) is 1.79. The molecule has 0 bridgehead atoms. The predicted molar refractivity (Wildman–Crippen MR) is 48.9 cm³/mol. The fourth-order valence-corrected chi connectivity index (χ4v) is 0.965. The summed E-state index contributed by atoms with van der Waals surface area (Å²) in [6, 6.07) is 4.08. The van der Waals surface area contributed by atoms with Crippen molar-refractivity contribution in [2.45, 2.75) is 6.92 Å². The molecule has 2 N–H and O–H groups in total. The summed E-state index contributed by atoms with van der Waals surface area (Å²) in [7, 11) is 1.55. The third kappa shape index (κ3) is 1.90. The molecule has 0 unspecified atom stereocenters. The standard InChI is InChI=1S/C9H11NO3/c1-6(11)10(2)8-4-3-7(12)5-9(8)13/h3-5,12-13H,1-2H3. The zero-order valence-electron chi connectivity index (χ0n) is 7.48. The molecule has 0 saturated carbocycles. The Morgan fingerprint density at radius 2 is 2.00 bits per heavy atom. The van der Waals surface area contributed by atoms with Gasteiger partial charge in [0.1, 0.15) is 11.5 Å². The summed E-state index contributed by atoms with van der Waals surface area (Å²) in [4.78, 5) is 12.2. The summed E-state index contributed by atoms with van der Waals surface area (Å²) >= 11 is 0. The van der Waals surface area contributed by atoms with Crippen LogP contribution in [-0.4, -0.2) is 23.2 Å². The van der Waals surface area contributed by atoms with Crippen molar-refractivity contribution in [3.8, 4) is 11.5 Å². The summed E-state index contributed by atoms with van der Waals surface area (Å²) in [5, 5.41) is 18.4. The van der Waals surface area contributed by atoms with Crippen molar-refractivity contribution >= 4 is 11.6 Å². The molecule has 0 atom stereocenters. The van der Waals surface area contributed by atoms with Gasteiger partial charge in [0.15, 0.2) is 0 Å². The molecular formula is C9H11NO3. The molecule has 70 valence electrons. The Balaban J connectivity index is 3.08. The number of benzene rings is 1. The van der Waals surface area contributed by atoms with E-state index in [2.05, 4.69) is 0 Å². The summed E-state index contributed by atoms with van der Waals surface area (Å²) in [6.07, 6.45) is 0. The summed E-state index contributed by atoms with van der Waals surface area (Å²) in [5.41, 5.74) is 0.380. The number of anilines is 1. The third-order valence-electron chi connectivity index (χ3n) is 1.79. The lowest BCUT2D eigenvalue weighted by atomic mass is 10.2. The number of amides is 1. The minimum atomic E-state index is -0.180. The molecule has 1 rings (SSSR count). The lowest BCUT2D eigenvalue weighted by molar-refractivity contribution is -0.116. The van der Waals surface area contributed by atoms with Crippen LogP contribution in [0.5, 0.6) is 11.5 Å². The first-order valence-electron chi connectivity index (χ1n) is 3.78. The highest BCUT2D eigenvalue weighted by Gasteiger charge is 2.10. The average molecular weight is 181 g/mol. The van der Waals surface area contributed by atoms with E-state index in [0.717, 1.165) is 0 Å². The topological polar surface area (TPSA) is 60.8 Å². The second-order valence-electron chi connectivity index (χ2n) is 2.75. The van der Waals surface area contributed by atoms with E-state index >= 15 is 0 Å². The maximum absolute atomic E-state index is 10.9. The van der Waals surface area contributed by atoms with Crippen molar-refractivity contribution < 1.29 is 15.0 Å². The number of hydrogen-bond donors (Lipinski definition) is 2. The SMILES string of the molecule is CC(=O)N(C)c1ccc(O)cc1O. The van der Waals surface area contributed by atoms with Crippen LogP contribution in [0.1, 0.15) is 6.92 Å². The average Bonchev–Trinajstić information content (AvgIpc) is 2.03. The summed E-state index contributed by atoms with van der Waals surface area (Å²) in [5.74, 6) is -0.322. The minimum Gasteiger partial charge on any atom is -0.508 e. The van der Waals surface area contributed by atoms with E-state index < -0.39 is 0 Å². The molecular weight excluding hydrogens is 170 g/mol. The van der Waals surface area contributed by atoms with Crippen molar-refractivity contribution in [1.29, 1.82) is 0 Å². The maximum Gasteiger partial charge on any atom is 0.223 e. The van der Waals surface area contributed by atoms with Gasteiger partial charge in [0, 0.05) is 20.0 Å². The van der Waals surface area contributed by atoms with Crippen molar-refractivity contribution in [3.63, 3.8) is 0 Å². The second kappa shape index (κ2) is 3.35. The van der Waals surface area contributed by atoms with Gasteiger partial charge in [-0.05, 0) is 12.1 Å². The molecule has 1 amide bonds. The van der Waals surface area contributed by atoms with Crippen LogP contribution in [0, 0.1) is 0 Å². The van der Waals surface area contributed by atoms with Gasteiger partial charge >= 0.3 is 0 Å². The number of phenolic OH excluding ortho intramolecular Hbond substituents is 2. The van der Waals surface area contributed by atoms with E-state index in [4.69, 9.17) is 5.11 Å². The first-order valence-corrected chi connectivity index (χ1v) is 3.78. The predicted octanol–water partition coefficient (Wildman–Crippen LogP) is 1.08. The first kappa shape index (κ1) is 9.38. The van der Waals surface area contributed by atoms with Crippen LogP contribution in [0.15, 0.2) is 18.2 Å². The van der Waals surface area contributed by atoms with E-state index in [0.29, 0.717) is 5.69 Å². The minimum absolute atomic E-state index is 0.0294. The van der Waals surface area contributed by atoms with Gasteiger partial charge in [-0.25, -0.2) is 0 Å². The number of carbonyl (C=O) groups excluding carboxylic acids is 1. The Bertz CT molecular complexity index is 336. The van der Waals surface area contributed by atoms with Crippen LogP contribution in [0.3, 0.4) is 0 Å². The van der Waals surface area contributed by atoms with E-state index in [1.54, 1.807) is 7.05 Å². The highest BCUT2D eigenvalue weighted by Crippen LogP contribution is 2.29. The summed E-state index contributed by atoms with van der Waals surface area (Å²) in [6.45, 7) is 1.40. The smallest absolute Gasteiger partial charge is 0.223 e. The number of phenols is 2. The lowest BCUT2D eigenvalue weighted by Crippen LogP contribution is -2.22. The maximum atomic E-state index is 10.9. The molecule has 0 aliphatic rings. The van der Waals surface area contributed by atoms with Crippen LogP contribution >= 0.6 is 0 Å². The van der Waals surface area contributed by atoms with Crippen LogP contribution in [-0.2, 0) is 4.79 Å². The molecule has 0 aromatic heterocycles. The Morgan fingerprint density at radius 3 is 2.46 bits per heavy atom. The molecule has 13 heavy (non-hydrogen) atoms. The van der Waals surface area contributed by atoms with Crippen molar-refractivity contribution in [2.75, 3.05) is 11.9 Å². The Labute approximate surface area is 76.0 Å². The van der Waals surface area contributed by atoms with Gasteiger partial charge in [-0.15, -0.1) is 0 Å². The highest BCUT2D eigenvalue weighted by molar-refractivity contribution is 5.92. The van der Waals surface area contributed by atoms with Crippen molar-refractivity contribution in [3.05, 3.63) is 18.2 Å². The lowest BCUT2D eigenvalue weighted by Gasteiger charge is -2.16. The van der Waals surface area contributed by atoms with E-state index in [9.17, 15) is 9.90 Å². The van der Waals surface area contributed by atoms with Crippen molar-refractivity contribution in [2.24, 2.45) is 0 Å². The molecule has 0 heterocycles. The molecule has 0 saturated heterocycles. The van der Waals surface area contributed by atoms with Gasteiger partial charge < -0.3 is 15.1 Å². The fraction of sp³-hybridized carbons (Fsp3) is 0.222. The fourth-order valence-electron chi connectivity index (χ4n) is 0.965. The molecule has 0 spiro atoms. The number of carbonyl (C=O) groups is 1. The van der Waals surface area contributed by atoms with Gasteiger partial charge in [0.2, 0.25) is 5.91 Å². The molecule has 0 aliphatic heterocycles. The monoisotopic (exact) mass is 181 g/mol. The van der Waals surface area contributed by atoms with E-state index in [-0.39, 0.29) is 17.4 Å². The Hall–Kier alpha value is -1.71. The van der Waals surface area contributed by atoms with Gasteiger partial charge in [-0.1, -0.05) is 0 Å². The number of nitrogens with zero attached hydrogens (tertiary/aromatic N) is 1.